The lowest BCUT2D eigenvalue weighted by atomic mass is 9.72. The Hall–Kier alpha value is -4.88. The van der Waals surface area contributed by atoms with Crippen molar-refractivity contribution in [2.45, 2.75) is 56.7 Å². The van der Waals surface area contributed by atoms with E-state index in [2.05, 4.69) is 20.2 Å². The minimum atomic E-state index is -4.99. The van der Waals surface area contributed by atoms with Crippen LogP contribution < -0.4 is 10.1 Å². The first-order valence-corrected chi connectivity index (χ1v) is 16.8. The zero-order chi connectivity index (χ0) is 39.2. The van der Waals surface area contributed by atoms with Crippen molar-refractivity contribution < 1.29 is 59.3 Å². The maximum absolute atomic E-state index is 15.6. The molecule has 1 spiro atoms. The molecule has 54 heavy (non-hydrogen) atoms. The molecule has 1 saturated carbocycles. The summed E-state index contributed by atoms with van der Waals surface area (Å²) in [6, 6.07) is 4.61. The van der Waals surface area contributed by atoms with Gasteiger partial charge in [0.15, 0.2) is 11.6 Å². The molecule has 3 aliphatic rings. The molecule has 0 bridgehead atoms. The van der Waals surface area contributed by atoms with Crippen molar-refractivity contribution >= 4 is 17.5 Å². The number of rotatable bonds is 9. The van der Waals surface area contributed by atoms with Crippen LogP contribution in [0.15, 0.2) is 54.1 Å². The molecule has 290 valence electrons. The summed E-state index contributed by atoms with van der Waals surface area (Å²) in [7, 11) is 1.42. The third-order valence-corrected chi connectivity index (χ3v) is 9.74. The summed E-state index contributed by atoms with van der Waals surface area (Å²) in [6.07, 6.45) is -8.96. The monoisotopic (exact) mass is 770 g/mol. The number of hydrogen-bond donors (Lipinski definition) is 2. The molecule has 0 radical (unpaired) electrons. The van der Waals surface area contributed by atoms with E-state index in [0.29, 0.717) is 63.8 Å². The summed E-state index contributed by atoms with van der Waals surface area (Å²) in [4.78, 5) is 36.6. The highest BCUT2D eigenvalue weighted by Crippen LogP contribution is 2.47. The van der Waals surface area contributed by atoms with Gasteiger partial charge in [0.05, 0.1) is 42.2 Å². The molecule has 2 aliphatic heterocycles. The third-order valence-electron chi connectivity index (χ3n) is 9.74. The van der Waals surface area contributed by atoms with Gasteiger partial charge in [-0.15, -0.1) is 0 Å². The number of nitrogens with one attached hydrogen (secondary N) is 1. The molecule has 2 N–H and O–H groups in total. The number of halogens is 8. The maximum atomic E-state index is 15.6. The van der Waals surface area contributed by atoms with Crippen LogP contribution in [-0.4, -0.2) is 93.3 Å². The number of nitrogens with zero attached hydrogens (tertiary/aromatic N) is 5. The summed E-state index contributed by atoms with van der Waals surface area (Å²) in [5, 5.41) is 15.9. The average Bonchev–Trinajstić information content (AvgIpc) is 3.09. The minimum Gasteiger partial charge on any atom is -0.509 e. The summed E-state index contributed by atoms with van der Waals surface area (Å²) >= 11 is 0. The van der Waals surface area contributed by atoms with E-state index in [1.165, 1.54) is 24.2 Å². The van der Waals surface area contributed by atoms with E-state index in [1.807, 2.05) is 0 Å². The van der Waals surface area contributed by atoms with E-state index in [-0.39, 0.29) is 24.2 Å². The largest absolute Gasteiger partial charge is 0.509 e. The molecule has 3 heterocycles. The third kappa shape index (κ3) is 7.56. The Kier molecular flexibility index (Phi) is 10.6. The zero-order valence-electron chi connectivity index (χ0n) is 28.8. The quantitative estimate of drug-likeness (QED) is 0.196. The van der Waals surface area contributed by atoms with Gasteiger partial charge in [-0.3, -0.25) is 19.5 Å². The second kappa shape index (κ2) is 14.7. The van der Waals surface area contributed by atoms with Crippen LogP contribution in [0.1, 0.15) is 43.0 Å². The Morgan fingerprint density at radius 3 is 2.35 bits per heavy atom. The molecule has 2 aromatic carbocycles. The summed E-state index contributed by atoms with van der Waals surface area (Å²) in [5.41, 5.74) is -6.94. The van der Waals surface area contributed by atoms with Gasteiger partial charge < -0.3 is 19.9 Å². The topological polar surface area (TPSA) is 120 Å². The van der Waals surface area contributed by atoms with E-state index in [0.717, 1.165) is 11.1 Å². The molecular formula is C35H34F8N6O5. The second-order valence-electron chi connectivity index (χ2n) is 13.2. The molecule has 6 rings (SSSR count). The predicted molar refractivity (Wildman–Crippen MR) is 174 cm³/mol. The first-order chi connectivity index (χ1) is 25.4. The highest BCUT2D eigenvalue weighted by Gasteiger charge is 2.55. The molecule has 1 saturated heterocycles. The van der Waals surface area contributed by atoms with Gasteiger partial charge in [-0.1, -0.05) is 6.07 Å². The van der Waals surface area contributed by atoms with Crippen LogP contribution in [0.4, 0.5) is 40.8 Å². The van der Waals surface area contributed by atoms with Gasteiger partial charge >= 0.3 is 12.4 Å². The lowest BCUT2D eigenvalue weighted by Crippen LogP contribution is -2.65. The Morgan fingerprint density at radius 1 is 1.02 bits per heavy atom. The molecule has 3 aromatic rings. The Balaban J connectivity index is 1.29. The molecule has 1 aromatic heterocycles. The summed E-state index contributed by atoms with van der Waals surface area (Å²) in [6.45, 7) is 3.91. The van der Waals surface area contributed by atoms with Crippen LogP contribution in [-0.2, 0) is 33.2 Å². The number of aliphatic hydroxyl groups is 1. The Bertz CT molecular complexity index is 1960. The van der Waals surface area contributed by atoms with Crippen molar-refractivity contribution in [3.05, 3.63) is 82.5 Å². The van der Waals surface area contributed by atoms with Gasteiger partial charge in [-0.05, 0) is 56.5 Å². The molecule has 1 unspecified atom stereocenters. The summed E-state index contributed by atoms with van der Waals surface area (Å²) in [5.74, 6) is -6.15. The number of hydrogen-bond acceptors (Lipinski definition) is 9. The van der Waals surface area contributed by atoms with Gasteiger partial charge in [0.2, 0.25) is 5.82 Å². The van der Waals surface area contributed by atoms with Crippen molar-refractivity contribution in [2.75, 3.05) is 45.2 Å². The van der Waals surface area contributed by atoms with Gasteiger partial charge in [0.1, 0.15) is 29.5 Å². The number of anilines is 1. The standard InChI is InChI=1S/C35H34F8N6O5/c1-19(16-48-10-12-53-13-11-48)54-25-7-4-20(28(36)29(25)37)17-49-32(52)27(30(50)33(47(49)2)8-3-9-33)31(51)46-23-6-5-21(34(38,39)40)14-22(23)24-15-26(35(41,42)43)45-18-44-24/h4-7,14-15,18-19,50H,3,8-13,16-17H2,1-2H3,(H,46,51). The lowest BCUT2D eigenvalue weighted by molar-refractivity contribution is -0.172. The van der Waals surface area contributed by atoms with E-state index in [1.54, 1.807) is 6.92 Å². The number of carbonyl (C=O) groups is 2. The van der Waals surface area contributed by atoms with Crippen molar-refractivity contribution in [2.24, 2.45) is 0 Å². The van der Waals surface area contributed by atoms with Crippen molar-refractivity contribution in [3.8, 4) is 17.0 Å². The summed E-state index contributed by atoms with van der Waals surface area (Å²) < 4.78 is 123. The number of ether oxygens (including phenoxy) is 2. The fourth-order valence-corrected chi connectivity index (χ4v) is 6.67. The number of benzene rings is 2. The van der Waals surface area contributed by atoms with E-state index >= 15 is 8.78 Å². The van der Waals surface area contributed by atoms with Gasteiger partial charge in [0, 0.05) is 37.8 Å². The Labute approximate surface area is 303 Å². The van der Waals surface area contributed by atoms with E-state index < -0.39 is 93.5 Å². The number of alkyl halides is 6. The number of morpholine rings is 1. The van der Waals surface area contributed by atoms with Crippen LogP contribution in [0.5, 0.6) is 5.75 Å². The highest BCUT2D eigenvalue weighted by molar-refractivity contribution is 6.24. The van der Waals surface area contributed by atoms with Gasteiger partial charge in [-0.2, -0.15) is 30.7 Å². The molecule has 11 nitrogen and oxygen atoms in total. The van der Waals surface area contributed by atoms with Crippen molar-refractivity contribution in [1.29, 1.82) is 0 Å². The average molecular weight is 771 g/mol. The molecular weight excluding hydrogens is 736 g/mol. The first kappa shape index (κ1) is 38.8. The van der Waals surface area contributed by atoms with Gasteiger partial charge in [0.25, 0.3) is 11.8 Å². The number of carbonyl (C=O) groups excluding carboxylic acids is 2. The fraction of sp³-hybridized carbons (Fsp3) is 0.429. The van der Waals surface area contributed by atoms with E-state index in [4.69, 9.17) is 9.47 Å². The molecule has 1 atom stereocenters. The lowest BCUT2D eigenvalue weighted by Gasteiger charge is -2.54. The Morgan fingerprint density at radius 2 is 1.72 bits per heavy atom. The minimum absolute atomic E-state index is 0.229. The van der Waals surface area contributed by atoms with Crippen LogP contribution in [0.3, 0.4) is 0 Å². The molecule has 1 aliphatic carbocycles. The normalized spacial score (nSPS) is 18.9. The number of hydrazine groups is 1. The predicted octanol–water partition coefficient (Wildman–Crippen LogP) is 6.12. The van der Waals surface area contributed by atoms with Crippen molar-refractivity contribution in [1.82, 2.24) is 24.9 Å². The van der Waals surface area contributed by atoms with Crippen LogP contribution in [0, 0.1) is 11.6 Å². The smallest absolute Gasteiger partial charge is 0.433 e. The maximum Gasteiger partial charge on any atom is 0.433 e. The SMILES string of the molecule is CC(CN1CCOCC1)Oc1ccc(CN2C(=O)C(C(=O)Nc3ccc(C(F)(F)F)cc3-c3cc(C(F)(F)F)ncn3)=C(O)C3(CCC3)N2C)c(F)c1F. The molecule has 2 amide bonds. The number of amides is 2. The zero-order valence-corrected chi connectivity index (χ0v) is 28.8. The fourth-order valence-electron chi connectivity index (χ4n) is 6.67. The second-order valence-corrected chi connectivity index (χ2v) is 13.2. The molecule has 19 heteroatoms. The highest BCUT2D eigenvalue weighted by atomic mass is 19.4. The number of aliphatic hydroxyl groups excluding tert-OH is 1. The van der Waals surface area contributed by atoms with Gasteiger partial charge in [-0.25, -0.2) is 19.4 Å². The van der Waals surface area contributed by atoms with Crippen LogP contribution in [0.2, 0.25) is 0 Å². The first-order valence-electron chi connectivity index (χ1n) is 16.8. The van der Waals surface area contributed by atoms with Crippen molar-refractivity contribution in [3.63, 3.8) is 0 Å². The number of likely N-dealkylation sites (N-methyl/N-ethyl adjacent to an activating group) is 1. The molecule has 2 fully saturated rings. The van der Waals surface area contributed by atoms with Crippen LogP contribution in [0.25, 0.3) is 11.3 Å². The van der Waals surface area contributed by atoms with Crippen LogP contribution >= 0.6 is 0 Å². The number of aromatic nitrogens is 2. The van der Waals surface area contributed by atoms with E-state index in [9.17, 15) is 41.0 Å².